The van der Waals surface area contributed by atoms with Crippen LogP contribution in [0.25, 0.3) is 0 Å². The zero-order chi connectivity index (χ0) is 13.1. The largest absolute Gasteiger partial charge is 0.372 e. The molecule has 1 aromatic rings. The summed E-state index contributed by atoms with van der Waals surface area (Å²) in [7, 11) is 1.79. The standard InChI is InChI=1S/C14H21N3O/c1-10(2)9-17(11-6-7-11)14(18)12-5-4-8-16-13(12)15-3/h4-5,8,10-11H,6-7,9H2,1-3H3,(H,15,16). The smallest absolute Gasteiger partial charge is 0.257 e. The van der Waals surface area contributed by atoms with Crippen LogP contribution >= 0.6 is 0 Å². The maximum atomic E-state index is 12.6. The summed E-state index contributed by atoms with van der Waals surface area (Å²) in [5.41, 5.74) is 0.674. The number of rotatable bonds is 5. The molecule has 2 rings (SSSR count). The summed E-state index contributed by atoms with van der Waals surface area (Å²) in [4.78, 5) is 18.8. The van der Waals surface area contributed by atoms with Gasteiger partial charge in [-0.2, -0.15) is 0 Å². The molecule has 1 N–H and O–H groups in total. The minimum atomic E-state index is 0.101. The van der Waals surface area contributed by atoms with Gasteiger partial charge in [0, 0.05) is 25.8 Å². The number of pyridine rings is 1. The van der Waals surface area contributed by atoms with E-state index >= 15 is 0 Å². The van der Waals surface area contributed by atoms with Crippen molar-refractivity contribution < 1.29 is 4.79 Å². The van der Waals surface area contributed by atoms with Gasteiger partial charge < -0.3 is 10.2 Å². The van der Waals surface area contributed by atoms with Crippen molar-refractivity contribution in [1.82, 2.24) is 9.88 Å². The number of hydrogen-bond acceptors (Lipinski definition) is 3. The van der Waals surface area contributed by atoms with Crippen LogP contribution in [0.15, 0.2) is 18.3 Å². The Kier molecular flexibility index (Phi) is 3.84. The monoisotopic (exact) mass is 247 g/mol. The summed E-state index contributed by atoms with van der Waals surface area (Å²) in [6, 6.07) is 4.09. The molecular weight excluding hydrogens is 226 g/mol. The minimum Gasteiger partial charge on any atom is -0.372 e. The molecule has 1 aliphatic rings. The first-order valence-electron chi connectivity index (χ1n) is 6.57. The molecule has 0 atom stereocenters. The number of carbonyl (C=O) groups excluding carboxylic acids is 1. The van der Waals surface area contributed by atoms with Gasteiger partial charge in [0.05, 0.1) is 5.56 Å². The van der Waals surface area contributed by atoms with E-state index in [1.165, 1.54) is 0 Å². The van der Waals surface area contributed by atoms with Gasteiger partial charge in [-0.05, 0) is 30.9 Å². The van der Waals surface area contributed by atoms with Gasteiger partial charge in [-0.25, -0.2) is 4.98 Å². The molecule has 1 amide bonds. The zero-order valence-electron chi connectivity index (χ0n) is 11.3. The van der Waals surface area contributed by atoms with Crippen molar-refractivity contribution in [2.75, 3.05) is 18.9 Å². The Morgan fingerprint density at radius 2 is 2.28 bits per heavy atom. The first kappa shape index (κ1) is 12.9. The van der Waals surface area contributed by atoms with Crippen molar-refractivity contribution in [2.45, 2.75) is 32.7 Å². The third-order valence-electron chi connectivity index (χ3n) is 3.09. The Morgan fingerprint density at radius 3 is 2.83 bits per heavy atom. The van der Waals surface area contributed by atoms with E-state index in [2.05, 4.69) is 24.1 Å². The van der Waals surface area contributed by atoms with Gasteiger partial charge in [0.15, 0.2) is 0 Å². The summed E-state index contributed by atoms with van der Waals surface area (Å²) in [5, 5.41) is 2.99. The van der Waals surface area contributed by atoms with Crippen LogP contribution in [-0.2, 0) is 0 Å². The fraction of sp³-hybridized carbons (Fsp3) is 0.571. The highest BCUT2D eigenvalue weighted by molar-refractivity contribution is 5.99. The number of amides is 1. The van der Waals surface area contributed by atoms with E-state index in [1.54, 1.807) is 13.2 Å². The molecule has 1 fully saturated rings. The van der Waals surface area contributed by atoms with Crippen LogP contribution in [0.5, 0.6) is 0 Å². The minimum absolute atomic E-state index is 0.101. The fourth-order valence-corrected chi connectivity index (χ4v) is 2.11. The molecular formula is C14H21N3O. The molecule has 4 heteroatoms. The van der Waals surface area contributed by atoms with Crippen LogP contribution in [0.4, 0.5) is 5.82 Å². The normalized spacial score (nSPS) is 14.7. The van der Waals surface area contributed by atoms with Crippen LogP contribution in [0, 0.1) is 5.92 Å². The van der Waals surface area contributed by atoms with Crippen LogP contribution < -0.4 is 5.32 Å². The van der Waals surface area contributed by atoms with Crippen molar-refractivity contribution in [3.05, 3.63) is 23.9 Å². The first-order valence-corrected chi connectivity index (χ1v) is 6.57. The third-order valence-corrected chi connectivity index (χ3v) is 3.09. The predicted molar refractivity (Wildman–Crippen MR) is 72.7 cm³/mol. The van der Waals surface area contributed by atoms with E-state index in [1.807, 2.05) is 17.0 Å². The van der Waals surface area contributed by atoms with E-state index in [-0.39, 0.29) is 5.91 Å². The number of hydrogen-bond donors (Lipinski definition) is 1. The molecule has 0 unspecified atom stereocenters. The molecule has 1 saturated carbocycles. The fourth-order valence-electron chi connectivity index (χ4n) is 2.11. The van der Waals surface area contributed by atoms with Gasteiger partial charge in [0.2, 0.25) is 0 Å². The van der Waals surface area contributed by atoms with E-state index in [0.717, 1.165) is 19.4 Å². The molecule has 1 aliphatic carbocycles. The summed E-state index contributed by atoms with van der Waals surface area (Å²) in [6.45, 7) is 5.11. The Balaban J connectivity index is 2.21. The van der Waals surface area contributed by atoms with Crippen molar-refractivity contribution in [3.8, 4) is 0 Å². The lowest BCUT2D eigenvalue weighted by Gasteiger charge is -2.25. The quantitative estimate of drug-likeness (QED) is 0.869. The van der Waals surface area contributed by atoms with Crippen LogP contribution in [0.2, 0.25) is 0 Å². The molecule has 0 bridgehead atoms. The topological polar surface area (TPSA) is 45.2 Å². The van der Waals surface area contributed by atoms with E-state index in [0.29, 0.717) is 23.3 Å². The van der Waals surface area contributed by atoms with Crippen LogP contribution in [0.1, 0.15) is 37.0 Å². The SMILES string of the molecule is CNc1ncccc1C(=O)N(CC(C)C)C1CC1. The lowest BCUT2D eigenvalue weighted by molar-refractivity contribution is 0.0723. The van der Waals surface area contributed by atoms with Crippen LogP contribution in [-0.4, -0.2) is 35.4 Å². The average Bonchev–Trinajstić information content (AvgIpc) is 3.19. The third kappa shape index (κ3) is 2.81. The number of nitrogens with zero attached hydrogens (tertiary/aromatic N) is 2. The van der Waals surface area contributed by atoms with Crippen LogP contribution in [0.3, 0.4) is 0 Å². The van der Waals surface area contributed by atoms with Crippen molar-refractivity contribution >= 4 is 11.7 Å². The van der Waals surface area contributed by atoms with Crippen molar-refractivity contribution in [1.29, 1.82) is 0 Å². The lowest BCUT2D eigenvalue weighted by atomic mass is 10.1. The Bertz CT molecular complexity index is 427. The highest BCUT2D eigenvalue weighted by Crippen LogP contribution is 2.29. The second-order valence-corrected chi connectivity index (χ2v) is 5.23. The lowest BCUT2D eigenvalue weighted by Crippen LogP contribution is -2.36. The number of aromatic nitrogens is 1. The summed E-state index contributed by atoms with van der Waals surface area (Å²) in [6.07, 6.45) is 3.97. The van der Waals surface area contributed by atoms with Gasteiger partial charge in [-0.15, -0.1) is 0 Å². The number of nitrogens with one attached hydrogen (secondary N) is 1. The summed E-state index contributed by atoms with van der Waals surface area (Å²) < 4.78 is 0. The van der Waals surface area contributed by atoms with Gasteiger partial charge >= 0.3 is 0 Å². The second-order valence-electron chi connectivity index (χ2n) is 5.23. The van der Waals surface area contributed by atoms with Gasteiger partial charge in [-0.3, -0.25) is 4.79 Å². The van der Waals surface area contributed by atoms with E-state index in [4.69, 9.17) is 0 Å². The molecule has 18 heavy (non-hydrogen) atoms. The molecule has 0 aromatic carbocycles. The number of carbonyl (C=O) groups is 1. The molecule has 0 radical (unpaired) electrons. The maximum Gasteiger partial charge on any atom is 0.257 e. The van der Waals surface area contributed by atoms with Gasteiger partial charge in [0.1, 0.15) is 5.82 Å². The second kappa shape index (κ2) is 5.38. The van der Waals surface area contributed by atoms with Gasteiger partial charge in [-0.1, -0.05) is 13.8 Å². The highest BCUT2D eigenvalue weighted by Gasteiger charge is 2.34. The molecule has 4 nitrogen and oxygen atoms in total. The molecule has 0 aliphatic heterocycles. The van der Waals surface area contributed by atoms with Crippen molar-refractivity contribution in [3.63, 3.8) is 0 Å². The molecule has 1 heterocycles. The summed E-state index contributed by atoms with van der Waals surface area (Å²) >= 11 is 0. The molecule has 0 spiro atoms. The highest BCUT2D eigenvalue weighted by atomic mass is 16.2. The number of anilines is 1. The maximum absolute atomic E-state index is 12.6. The summed E-state index contributed by atoms with van der Waals surface area (Å²) in [5.74, 6) is 1.25. The van der Waals surface area contributed by atoms with Crippen molar-refractivity contribution in [2.24, 2.45) is 5.92 Å². The van der Waals surface area contributed by atoms with E-state index in [9.17, 15) is 4.79 Å². The Morgan fingerprint density at radius 1 is 1.56 bits per heavy atom. The molecule has 98 valence electrons. The first-order chi connectivity index (χ1) is 8.63. The average molecular weight is 247 g/mol. The molecule has 1 aromatic heterocycles. The predicted octanol–water partition coefficient (Wildman–Crippen LogP) is 2.38. The zero-order valence-corrected chi connectivity index (χ0v) is 11.3. The Labute approximate surface area is 108 Å². The Hall–Kier alpha value is -1.58. The van der Waals surface area contributed by atoms with E-state index < -0.39 is 0 Å². The molecule has 0 saturated heterocycles. The van der Waals surface area contributed by atoms with Gasteiger partial charge in [0.25, 0.3) is 5.91 Å².